The van der Waals surface area contributed by atoms with Gasteiger partial charge in [0.1, 0.15) is 63.4 Å². The van der Waals surface area contributed by atoms with Gasteiger partial charge in [-0.3, -0.25) is 0 Å². The summed E-state index contributed by atoms with van der Waals surface area (Å²) in [6.07, 6.45) is -8.97. The second-order valence-electron chi connectivity index (χ2n) is 29.0. The van der Waals surface area contributed by atoms with Crippen molar-refractivity contribution in [2.24, 2.45) is 0 Å². The van der Waals surface area contributed by atoms with Crippen LogP contribution in [0.1, 0.15) is 120 Å². The molecule has 0 aromatic carbocycles. The van der Waals surface area contributed by atoms with Gasteiger partial charge in [-0.15, -0.1) is 21.9 Å². The molecule has 10 heterocycles. The molecule has 5 fully saturated rings. The Kier molecular flexibility index (Phi) is 31.0. The maximum absolute atomic E-state index is 10.3. The van der Waals surface area contributed by atoms with Crippen LogP contribution in [0.4, 0.5) is 29.1 Å². The smallest absolute Gasteiger partial charge is 0.270 e. The van der Waals surface area contributed by atoms with Crippen LogP contribution in [0.15, 0.2) is 0 Å². The Morgan fingerprint density at radius 1 is 0.333 bits per heavy atom. The maximum Gasteiger partial charge on any atom is 0.270 e. The minimum Gasteiger partial charge on any atom is -0.472 e. The van der Waals surface area contributed by atoms with Crippen LogP contribution >= 0.6 is 58.6 Å². The van der Waals surface area contributed by atoms with Crippen LogP contribution in [0.5, 0.6) is 29.4 Å². The topological polar surface area (TPSA) is 399 Å². The van der Waals surface area contributed by atoms with Gasteiger partial charge in [-0.25, -0.2) is 0 Å². The van der Waals surface area contributed by atoms with Crippen molar-refractivity contribution in [1.82, 2.24) is 70.3 Å². The molecule has 10 N–H and O–H groups in total. The molecule has 0 bridgehead atoms. The first-order valence-electron chi connectivity index (χ1n) is 40.5. The van der Waals surface area contributed by atoms with Crippen molar-refractivity contribution in [2.45, 2.75) is 162 Å². The quantitative estimate of drug-likeness (QED) is 0.0316. The van der Waals surface area contributed by atoms with Crippen molar-refractivity contribution in [3.63, 3.8) is 0 Å². The van der Waals surface area contributed by atoms with E-state index >= 15 is 0 Å². The third-order valence-electron chi connectivity index (χ3n) is 14.0. The van der Waals surface area contributed by atoms with E-state index in [-0.39, 0.29) is 67.1 Å². The Balaban J connectivity index is 0.000000227. The van der Waals surface area contributed by atoms with Gasteiger partial charge in [-0.05, 0) is 104 Å². The SMILES string of the molecule is [2H]C([2H])(NC(C)(C)C)[C@H](O)C([2H])([2H])Oc1nsnc1N1CCOCC1.[2H]C([2H])(NC(C)(C)C)[C@H](O)COc1nsnc1N1CCOCC1.[2H]C([2H])(Oc1nsnc1N1CCOCC1)[C@@H](O)CNC(C)(C)C.[2H]C([2H])(Oc1nsnc1N1CCOCC1)[C@@]([2H])(O)CNC(C)(C)C.[2H][C@](O)(CNC(C)(C)C)COc1nsnc1N1CCOCC1. The van der Waals surface area contributed by atoms with Gasteiger partial charge in [0.25, 0.3) is 29.4 Å². The molecule has 0 aliphatic carbocycles. The number of ether oxygens (including phenoxy) is 10. The molecule has 0 saturated carbocycles. The van der Waals surface area contributed by atoms with Gasteiger partial charge in [-0.1, -0.05) is 0 Å². The number of morpholine rings is 5. The Labute approximate surface area is 657 Å². The molecule has 105 heavy (non-hydrogen) atoms. The molecule has 0 radical (unpaired) electrons. The zero-order valence-electron chi connectivity index (χ0n) is 75.0. The Hall–Kier alpha value is -4.80. The average Bonchev–Trinajstić information content (AvgIpc) is 1.78. The van der Waals surface area contributed by atoms with Crippen molar-refractivity contribution in [1.29, 1.82) is 0 Å². The number of aliphatic hydroxyl groups excluding tert-OH is 3. The van der Waals surface area contributed by atoms with Crippen LogP contribution in [-0.4, -0.2) is 324 Å². The van der Waals surface area contributed by atoms with Crippen molar-refractivity contribution in [3.05, 3.63) is 0 Å². The molecule has 5 aliphatic rings. The number of aromatic nitrogens is 10. The number of hydrogen-bond acceptors (Lipinski definition) is 40. The van der Waals surface area contributed by atoms with Crippen LogP contribution < -0.4 is 74.8 Å². The molecule has 5 saturated heterocycles. The number of hydrogen-bond donors (Lipinski definition) is 10. The van der Waals surface area contributed by atoms with Crippen LogP contribution in [-0.2, 0) is 23.7 Å². The standard InChI is InChI=1S/5C13H24N4O3S/c5*1-13(2,3)14-8-10(18)9-20-12-11(15-21-16-12)17-4-6-19-7-5-17/h5*10,14,18H,4-9H2,1-3H3/t5*10-/m00000/s1/i9D2,10D;8D2,9D2;10D;9D2;8D2. The molecule has 0 amide bonds. The molecule has 0 unspecified atom stereocenters. The molecule has 5 atom stereocenters. The number of anilines is 5. The van der Waals surface area contributed by atoms with Crippen LogP contribution in [0.3, 0.4) is 0 Å². The van der Waals surface area contributed by atoms with Crippen LogP contribution in [0, 0.1) is 0 Å². The first-order chi connectivity index (χ1) is 54.1. The van der Waals surface area contributed by atoms with Crippen molar-refractivity contribution in [2.75, 3.05) is 222 Å². The molecule has 5 aromatic rings. The van der Waals surface area contributed by atoms with Gasteiger partial charge >= 0.3 is 0 Å². The fourth-order valence-corrected chi connectivity index (χ4v) is 11.2. The molecular formula is C65H120N20O15S5. The summed E-state index contributed by atoms with van der Waals surface area (Å²) in [6, 6.07) is 0. The van der Waals surface area contributed by atoms with Gasteiger partial charge in [0, 0.05) is 131 Å². The summed E-state index contributed by atoms with van der Waals surface area (Å²) in [5.41, 5.74) is -1.89. The average molecular weight is 1590 g/mol. The van der Waals surface area contributed by atoms with E-state index in [1.54, 1.807) is 20.8 Å². The zero-order valence-corrected chi connectivity index (χ0v) is 67.1. The summed E-state index contributed by atoms with van der Waals surface area (Å²) < 4.78 is 190. The molecule has 0 spiro atoms. The second kappa shape index (κ2) is 45.4. The van der Waals surface area contributed by atoms with Crippen molar-refractivity contribution < 1.29 is 89.4 Å². The number of rotatable bonds is 30. The molecule has 600 valence electrons. The molecular weight excluding hydrogens is 1460 g/mol. The summed E-state index contributed by atoms with van der Waals surface area (Å²) in [5, 5.41) is 65.1. The Morgan fingerprint density at radius 3 is 0.886 bits per heavy atom. The van der Waals surface area contributed by atoms with Crippen LogP contribution in [0.2, 0.25) is 0 Å². The lowest BCUT2D eigenvalue weighted by molar-refractivity contribution is 0.0974. The summed E-state index contributed by atoms with van der Waals surface area (Å²) in [5.74, 6) is 3.27. The van der Waals surface area contributed by atoms with E-state index in [0.717, 1.165) is 71.7 Å². The molecule has 35 nitrogen and oxygen atoms in total. The predicted molar refractivity (Wildman–Crippen MR) is 411 cm³/mol. The number of aliphatic hydroxyl groups is 5. The summed E-state index contributed by atoms with van der Waals surface area (Å²) in [4.78, 5) is 9.73. The third-order valence-corrected chi connectivity index (χ3v) is 16.5. The molecule has 40 heteroatoms. The maximum atomic E-state index is 10.3. The third kappa shape index (κ3) is 36.5. The fourth-order valence-electron chi connectivity index (χ4n) is 8.65. The van der Waals surface area contributed by atoms with E-state index in [4.69, 9.17) is 63.8 Å². The predicted octanol–water partition coefficient (Wildman–Crippen LogP) is 2.51. The van der Waals surface area contributed by atoms with E-state index in [2.05, 4.69) is 70.3 Å². The van der Waals surface area contributed by atoms with Gasteiger partial charge < -0.3 is 124 Å². The van der Waals surface area contributed by atoms with Crippen LogP contribution in [0.25, 0.3) is 0 Å². The number of β-amino-alcohol motifs (C(OH)–C–C–N with tert-alkyl or cyclic N) is 5. The van der Waals surface area contributed by atoms with E-state index in [0.29, 0.717) is 159 Å². The fraction of sp³-hybridized carbons (Fsp3) is 0.846. The van der Waals surface area contributed by atoms with E-state index < -0.39 is 74.2 Å². The molecule has 5 aromatic heterocycles. The van der Waals surface area contributed by atoms with E-state index in [9.17, 15) is 25.5 Å². The Bertz CT molecular complexity index is 3680. The summed E-state index contributed by atoms with van der Waals surface area (Å²) in [7, 11) is 0. The van der Waals surface area contributed by atoms with Crippen molar-refractivity contribution in [3.8, 4) is 29.4 Å². The highest BCUT2D eigenvalue weighted by Gasteiger charge is 2.28. The largest absolute Gasteiger partial charge is 0.472 e. The molecule has 5 aliphatic heterocycles. The normalized spacial score (nSPS) is 20.8. The summed E-state index contributed by atoms with van der Waals surface area (Å²) in [6.45, 7) is 27.8. The Morgan fingerprint density at radius 2 is 0.581 bits per heavy atom. The lowest BCUT2D eigenvalue weighted by Crippen LogP contribution is -2.42. The number of nitrogens with one attached hydrogen (secondary N) is 5. The number of nitrogens with zero attached hydrogens (tertiary/aromatic N) is 15. The monoisotopic (exact) mass is 1590 g/mol. The minimum absolute atomic E-state index is 0.0201. The second-order valence-corrected chi connectivity index (χ2v) is 31.7. The highest BCUT2D eigenvalue weighted by atomic mass is 32.1. The summed E-state index contributed by atoms with van der Waals surface area (Å²) >= 11 is 4.81. The first kappa shape index (κ1) is 71.8. The molecule has 10 rings (SSSR count). The zero-order chi connectivity index (χ0) is 87.3. The first-order valence-corrected chi connectivity index (χ1v) is 38.2. The lowest BCUT2D eigenvalue weighted by Gasteiger charge is -2.27. The van der Waals surface area contributed by atoms with E-state index in [1.807, 2.05) is 108 Å². The van der Waals surface area contributed by atoms with Gasteiger partial charge in [0.05, 0.1) is 136 Å². The highest BCUT2D eigenvalue weighted by Crippen LogP contribution is 2.31. The van der Waals surface area contributed by atoms with Gasteiger partial charge in [-0.2, -0.15) is 21.9 Å². The van der Waals surface area contributed by atoms with Gasteiger partial charge in [0.15, 0.2) is 0 Å². The van der Waals surface area contributed by atoms with Gasteiger partial charge in [0.2, 0.25) is 29.1 Å². The highest BCUT2D eigenvalue weighted by molar-refractivity contribution is 7.00. The minimum atomic E-state index is -2.71. The van der Waals surface area contributed by atoms with E-state index in [1.165, 1.54) is 0 Å². The lowest BCUT2D eigenvalue weighted by atomic mass is 10.1. The van der Waals surface area contributed by atoms with Crippen molar-refractivity contribution >= 4 is 87.7 Å².